The van der Waals surface area contributed by atoms with E-state index in [1.807, 2.05) is 0 Å². The molecule has 6 atom stereocenters. The van der Waals surface area contributed by atoms with Gasteiger partial charge in [-0.05, 0) is 11.6 Å². The molecule has 2 rings (SSSR count). The number of azide groups is 1. The summed E-state index contributed by atoms with van der Waals surface area (Å²) < 4.78 is 73.9. The molecule has 1 aliphatic rings. The van der Waals surface area contributed by atoms with Crippen LogP contribution in [0.15, 0.2) is 23.3 Å². The van der Waals surface area contributed by atoms with Crippen LogP contribution in [0.4, 0.5) is 13.2 Å². The lowest BCUT2D eigenvalue weighted by molar-refractivity contribution is -0.317. The zero-order valence-corrected chi connectivity index (χ0v) is 23.4. The molecule has 0 spiro atoms. The van der Waals surface area contributed by atoms with Crippen LogP contribution >= 0.6 is 0 Å². The van der Waals surface area contributed by atoms with Gasteiger partial charge in [0.15, 0.2) is 24.4 Å². The molecule has 1 fully saturated rings. The van der Waals surface area contributed by atoms with E-state index in [1.165, 1.54) is 0 Å². The number of carbonyl (C=O) groups excluding carboxylic acids is 5. The molecule has 0 saturated carbocycles. The molecule has 0 aliphatic carbocycles. The number of nitrogens with one attached hydrogen (secondary N) is 1. The van der Waals surface area contributed by atoms with E-state index in [2.05, 4.69) is 15.3 Å². The van der Waals surface area contributed by atoms with Crippen molar-refractivity contribution in [2.45, 2.75) is 70.0 Å². The number of benzene rings is 1. The maximum atomic E-state index is 14.4. The fraction of sp³-hybridized carbons (Fsp3) is 0.560. The van der Waals surface area contributed by atoms with Gasteiger partial charge in [-0.15, -0.1) is 0 Å². The van der Waals surface area contributed by atoms with Gasteiger partial charge in [-0.3, -0.25) is 19.2 Å². The molecule has 1 amide bonds. The summed E-state index contributed by atoms with van der Waals surface area (Å²) in [5.41, 5.74) is 8.48. The molecule has 18 heteroatoms. The van der Waals surface area contributed by atoms with Crippen molar-refractivity contribution in [3.8, 4) is 0 Å². The lowest BCUT2D eigenvalue weighted by atomic mass is 9.87. The van der Waals surface area contributed by atoms with Gasteiger partial charge >= 0.3 is 23.9 Å². The average molecular weight is 619 g/mol. The quantitative estimate of drug-likeness (QED) is 0.111. The number of hydrogen-bond donors (Lipinski definition) is 1. The zero-order chi connectivity index (χ0) is 32.3. The van der Waals surface area contributed by atoms with Gasteiger partial charge in [-0.2, -0.15) is 0 Å². The predicted molar refractivity (Wildman–Crippen MR) is 134 cm³/mol. The van der Waals surface area contributed by atoms with Gasteiger partial charge in [0, 0.05) is 31.2 Å². The molecule has 15 nitrogen and oxygen atoms in total. The summed E-state index contributed by atoms with van der Waals surface area (Å²) in [4.78, 5) is 64.2. The molecule has 1 saturated heterocycles. The minimum absolute atomic E-state index is 0.377. The molecule has 1 aromatic rings. The maximum Gasteiger partial charge on any atom is 0.366 e. The van der Waals surface area contributed by atoms with E-state index in [-0.39, 0.29) is 5.56 Å². The summed E-state index contributed by atoms with van der Waals surface area (Å²) in [5.74, 6) is -10.7. The lowest BCUT2D eigenvalue weighted by Crippen LogP contribution is -2.69. The van der Waals surface area contributed by atoms with Crippen LogP contribution in [0.5, 0.6) is 0 Å². The standard InChI is InChI=1S/C25H29F3N4O11/c1-12(33)40-17-8-25(24(37)38-4,39-11-15-6-5-7-16(27)20(15)28)43-23(21(17)31-19(36)9-26)22(42-14(3)35)18(10-30-32-29)41-13(2)34/h5-7,17-18,21-23H,8-11H2,1-4H3,(H,31,36)/t17-,18+,21+,22+,23+,25+/m0/s1. The molecule has 0 radical (unpaired) electrons. The minimum atomic E-state index is -2.65. The van der Waals surface area contributed by atoms with E-state index in [1.54, 1.807) is 0 Å². The van der Waals surface area contributed by atoms with Crippen molar-refractivity contribution in [2.75, 3.05) is 20.3 Å². The van der Waals surface area contributed by atoms with Crippen LogP contribution in [-0.2, 0) is 59.0 Å². The third kappa shape index (κ3) is 9.29. The lowest BCUT2D eigenvalue weighted by Gasteiger charge is -2.48. The summed E-state index contributed by atoms with van der Waals surface area (Å²) in [7, 11) is 0.916. The van der Waals surface area contributed by atoms with Crippen LogP contribution in [-0.4, -0.2) is 86.4 Å². The third-order valence-electron chi connectivity index (χ3n) is 5.94. The molecular weight excluding hydrogens is 589 g/mol. The van der Waals surface area contributed by atoms with Crippen molar-refractivity contribution in [1.29, 1.82) is 0 Å². The molecule has 43 heavy (non-hydrogen) atoms. The van der Waals surface area contributed by atoms with E-state index >= 15 is 0 Å². The smallest absolute Gasteiger partial charge is 0.366 e. The highest BCUT2D eigenvalue weighted by Crippen LogP contribution is 2.38. The van der Waals surface area contributed by atoms with Crippen molar-refractivity contribution >= 4 is 29.8 Å². The van der Waals surface area contributed by atoms with Gasteiger partial charge in [0.1, 0.15) is 18.3 Å². The Kier molecular flexibility index (Phi) is 12.7. The first-order valence-corrected chi connectivity index (χ1v) is 12.5. The number of methoxy groups -OCH3 is 1. The Morgan fingerprint density at radius 3 is 2.37 bits per heavy atom. The molecule has 1 aromatic carbocycles. The second-order valence-corrected chi connectivity index (χ2v) is 9.04. The number of ether oxygens (including phenoxy) is 6. The molecule has 0 bridgehead atoms. The Labute approximate surface area is 242 Å². The van der Waals surface area contributed by atoms with Gasteiger partial charge in [0.05, 0.1) is 32.7 Å². The molecule has 1 heterocycles. The first-order chi connectivity index (χ1) is 20.3. The number of carbonyl (C=O) groups is 5. The van der Waals surface area contributed by atoms with Crippen molar-refractivity contribution in [2.24, 2.45) is 5.11 Å². The molecule has 0 aromatic heterocycles. The summed E-state index contributed by atoms with van der Waals surface area (Å²) >= 11 is 0. The van der Waals surface area contributed by atoms with Gasteiger partial charge in [0.2, 0.25) is 0 Å². The largest absolute Gasteiger partial charge is 0.465 e. The number of alkyl halides is 1. The van der Waals surface area contributed by atoms with Gasteiger partial charge in [0.25, 0.3) is 11.7 Å². The zero-order valence-electron chi connectivity index (χ0n) is 23.4. The first kappa shape index (κ1) is 34.8. The van der Waals surface area contributed by atoms with Crippen LogP contribution in [0.2, 0.25) is 0 Å². The topological polar surface area (TPSA) is 202 Å². The number of amides is 1. The number of rotatable bonds is 13. The molecular formula is C25H29F3N4O11. The van der Waals surface area contributed by atoms with Crippen LogP contribution in [0.3, 0.4) is 0 Å². The van der Waals surface area contributed by atoms with Gasteiger partial charge < -0.3 is 33.7 Å². The fourth-order valence-corrected chi connectivity index (χ4v) is 4.32. The predicted octanol–water partition coefficient (Wildman–Crippen LogP) is 1.70. The SMILES string of the molecule is COC(=O)[C@@]1(OCc2cccc(F)c2F)C[C@H](OC(C)=O)[C@@H](NC(=O)CF)[C@H]([C@H](OC(C)=O)[C@@H](CN=[N+]=[N-])OC(C)=O)O1. The van der Waals surface area contributed by atoms with E-state index in [0.717, 1.165) is 46.1 Å². The third-order valence-corrected chi connectivity index (χ3v) is 5.94. The Morgan fingerprint density at radius 2 is 1.81 bits per heavy atom. The fourth-order valence-electron chi connectivity index (χ4n) is 4.32. The highest BCUT2D eigenvalue weighted by atomic mass is 19.2. The van der Waals surface area contributed by atoms with Crippen molar-refractivity contribution in [3.63, 3.8) is 0 Å². The van der Waals surface area contributed by atoms with E-state index in [9.17, 15) is 37.1 Å². The monoisotopic (exact) mass is 618 g/mol. The Hall–Kier alpha value is -4.41. The maximum absolute atomic E-state index is 14.4. The molecule has 1 N–H and O–H groups in total. The summed E-state index contributed by atoms with van der Waals surface area (Å²) in [6.45, 7) is -0.217. The molecule has 1 aliphatic heterocycles. The summed E-state index contributed by atoms with van der Waals surface area (Å²) in [6, 6.07) is 1.50. The highest BCUT2D eigenvalue weighted by Gasteiger charge is 2.59. The van der Waals surface area contributed by atoms with Gasteiger partial charge in [-0.25, -0.2) is 18.0 Å². The van der Waals surface area contributed by atoms with Crippen molar-refractivity contribution < 1.29 is 65.6 Å². The average Bonchev–Trinajstić information content (AvgIpc) is 2.94. The molecule has 236 valence electrons. The Morgan fingerprint density at radius 1 is 1.14 bits per heavy atom. The van der Waals surface area contributed by atoms with Crippen LogP contribution in [0.1, 0.15) is 32.8 Å². The second-order valence-electron chi connectivity index (χ2n) is 9.04. The second kappa shape index (κ2) is 15.7. The first-order valence-electron chi connectivity index (χ1n) is 12.5. The Bertz CT molecular complexity index is 1260. The van der Waals surface area contributed by atoms with Crippen molar-refractivity contribution in [3.05, 3.63) is 45.8 Å². The van der Waals surface area contributed by atoms with Crippen LogP contribution in [0.25, 0.3) is 10.4 Å². The molecule has 0 unspecified atom stereocenters. The van der Waals surface area contributed by atoms with E-state index in [4.69, 9.17) is 34.0 Å². The number of nitrogens with zero attached hydrogens (tertiary/aromatic N) is 3. The number of hydrogen-bond acceptors (Lipinski definition) is 12. The van der Waals surface area contributed by atoms with Gasteiger partial charge in [-0.1, -0.05) is 17.2 Å². The summed E-state index contributed by atoms with van der Waals surface area (Å²) in [5, 5.41) is 5.53. The van der Waals surface area contributed by atoms with E-state index < -0.39 is 104 Å². The normalized spacial score (nSPS) is 22.6. The Balaban J connectivity index is 2.77. The minimum Gasteiger partial charge on any atom is -0.465 e. The number of halogens is 3. The van der Waals surface area contributed by atoms with Crippen LogP contribution < -0.4 is 5.32 Å². The van der Waals surface area contributed by atoms with Crippen LogP contribution in [0, 0.1) is 11.6 Å². The summed E-state index contributed by atoms with van der Waals surface area (Å²) in [6.07, 6.45) is -7.80. The highest BCUT2D eigenvalue weighted by molar-refractivity contribution is 5.79. The van der Waals surface area contributed by atoms with E-state index in [0.29, 0.717) is 0 Å². The number of esters is 4. The van der Waals surface area contributed by atoms with Crippen molar-refractivity contribution in [1.82, 2.24) is 5.32 Å².